The Morgan fingerprint density at radius 1 is 1.04 bits per heavy atom. The molecule has 0 radical (unpaired) electrons. The first-order chi connectivity index (χ1) is 11.6. The van der Waals surface area contributed by atoms with Gasteiger partial charge in [0.15, 0.2) is 0 Å². The number of aliphatic hydroxyl groups excluding tert-OH is 1. The van der Waals surface area contributed by atoms with Crippen LogP contribution in [0.3, 0.4) is 0 Å². The standard InChI is InChI=1S/C17H15F2N3OS/c18-13-6-4-11(5-7-13)8-16-21-22-17(24-16)20-10-15(23)12-2-1-3-14(19)9-12/h1-7,9,15,23H,8,10H2,(H,20,22). The van der Waals surface area contributed by atoms with Gasteiger partial charge in [0, 0.05) is 13.0 Å². The number of hydrogen-bond acceptors (Lipinski definition) is 5. The Labute approximate surface area is 141 Å². The van der Waals surface area contributed by atoms with Gasteiger partial charge in [0.25, 0.3) is 0 Å². The topological polar surface area (TPSA) is 58.0 Å². The fourth-order valence-electron chi connectivity index (χ4n) is 2.19. The van der Waals surface area contributed by atoms with Gasteiger partial charge in [-0.2, -0.15) is 0 Å². The summed E-state index contributed by atoms with van der Waals surface area (Å²) in [5.74, 6) is -0.659. The molecule has 0 bridgehead atoms. The van der Waals surface area contributed by atoms with Gasteiger partial charge in [0.1, 0.15) is 16.6 Å². The van der Waals surface area contributed by atoms with Crippen LogP contribution in [0.5, 0.6) is 0 Å². The van der Waals surface area contributed by atoms with Crippen molar-refractivity contribution in [1.29, 1.82) is 0 Å². The first-order valence-corrected chi connectivity index (χ1v) is 8.16. The minimum Gasteiger partial charge on any atom is -0.387 e. The Morgan fingerprint density at radius 2 is 1.83 bits per heavy atom. The zero-order valence-electron chi connectivity index (χ0n) is 12.6. The average molecular weight is 347 g/mol. The predicted molar refractivity (Wildman–Crippen MR) is 89.0 cm³/mol. The summed E-state index contributed by atoms with van der Waals surface area (Å²) in [7, 11) is 0. The molecule has 0 aliphatic carbocycles. The highest BCUT2D eigenvalue weighted by Gasteiger charge is 2.10. The van der Waals surface area contributed by atoms with Gasteiger partial charge >= 0.3 is 0 Å². The maximum Gasteiger partial charge on any atom is 0.205 e. The number of rotatable bonds is 6. The normalized spacial score (nSPS) is 12.1. The molecule has 0 aliphatic heterocycles. The molecular formula is C17H15F2N3OS. The van der Waals surface area contributed by atoms with E-state index < -0.39 is 6.10 Å². The number of aromatic nitrogens is 2. The lowest BCUT2D eigenvalue weighted by molar-refractivity contribution is 0.191. The van der Waals surface area contributed by atoms with Crippen molar-refractivity contribution < 1.29 is 13.9 Å². The number of hydrogen-bond donors (Lipinski definition) is 2. The van der Waals surface area contributed by atoms with E-state index in [4.69, 9.17) is 0 Å². The van der Waals surface area contributed by atoms with Crippen LogP contribution in [-0.4, -0.2) is 21.8 Å². The molecule has 24 heavy (non-hydrogen) atoms. The molecule has 7 heteroatoms. The van der Waals surface area contributed by atoms with Crippen molar-refractivity contribution in [1.82, 2.24) is 10.2 Å². The van der Waals surface area contributed by atoms with Gasteiger partial charge in [-0.25, -0.2) is 8.78 Å². The van der Waals surface area contributed by atoms with Gasteiger partial charge in [0.2, 0.25) is 5.13 Å². The van der Waals surface area contributed by atoms with Crippen molar-refractivity contribution >= 4 is 16.5 Å². The van der Waals surface area contributed by atoms with E-state index in [1.54, 1.807) is 24.3 Å². The highest BCUT2D eigenvalue weighted by atomic mass is 32.1. The molecule has 124 valence electrons. The molecule has 0 spiro atoms. The summed E-state index contributed by atoms with van der Waals surface area (Å²) < 4.78 is 26.0. The second-order valence-corrected chi connectivity index (χ2v) is 6.32. The summed E-state index contributed by atoms with van der Waals surface area (Å²) in [6.07, 6.45) is -0.281. The van der Waals surface area contributed by atoms with Gasteiger partial charge in [-0.1, -0.05) is 35.6 Å². The molecule has 1 heterocycles. The molecule has 1 atom stereocenters. The van der Waals surface area contributed by atoms with Gasteiger partial charge in [-0.3, -0.25) is 0 Å². The number of aliphatic hydroxyl groups is 1. The van der Waals surface area contributed by atoms with E-state index in [9.17, 15) is 13.9 Å². The Balaban J connectivity index is 1.57. The summed E-state index contributed by atoms with van der Waals surface area (Å²) in [5, 5.41) is 22.5. The fraction of sp³-hybridized carbons (Fsp3) is 0.176. The summed E-state index contributed by atoms with van der Waals surface area (Å²) >= 11 is 1.36. The van der Waals surface area contributed by atoms with Crippen LogP contribution in [0, 0.1) is 11.6 Å². The molecule has 0 aliphatic rings. The summed E-state index contributed by atoms with van der Waals surface area (Å²) in [4.78, 5) is 0. The van der Waals surface area contributed by atoms with Crippen molar-refractivity contribution in [3.8, 4) is 0 Å². The minimum atomic E-state index is -0.842. The highest BCUT2D eigenvalue weighted by molar-refractivity contribution is 7.15. The third kappa shape index (κ3) is 4.33. The van der Waals surface area contributed by atoms with E-state index in [1.165, 1.54) is 35.6 Å². The van der Waals surface area contributed by atoms with Crippen LogP contribution in [0.2, 0.25) is 0 Å². The SMILES string of the molecule is OC(CNc1nnc(Cc2ccc(F)cc2)s1)c1cccc(F)c1. The molecule has 0 saturated heterocycles. The van der Waals surface area contributed by atoms with Crippen molar-refractivity contribution in [3.05, 3.63) is 76.3 Å². The maximum atomic E-state index is 13.2. The highest BCUT2D eigenvalue weighted by Crippen LogP contribution is 2.20. The van der Waals surface area contributed by atoms with Crippen molar-refractivity contribution in [3.63, 3.8) is 0 Å². The summed E-state index contributed by atoms with van der Waals surface area (Å²) in [6, 6.07) is 12.1. The minimum absolute atomic E-state index is 0.203. The molecule has 2 aromatic carbocycles. The average Bonchev–Trinajstić information content (AvgIpc) is 3.02. The Bertz CT molecular complexity index is 808. The number of benzene rings is 2. The molecule has 0 saturated carbocycles. The van der Waals surface area contributed by atoms with Gasteiger partial charge in [-0.15, -0.1) is 10.2 Å². The van der Waals surface area contributed by atoms with Crippen molar-refractivity contribution in [2.45, 2.75) is 12.5 Å². The first kappa shape index (κ1) is 16.5. The summed E-state index contributed by atoms with van der Waals surface area (Å²) in [5.41, 5.74) is 1.44. The van der Waals surface area contributed by atoms with E-state index >= 15 is 0 Å². The molecule has 3 rings (SSSR count). The Kier molecular flexibility index (Phi) is 5.12. The number of nitrogens with one attached hydrogen (secondary N) is 1. The van der Waals surface area contributed by atoms with Crippen LogP contribution in [0.4, 0.5) is 13.9 Å². The van der Waals surface area contributed by atoms with Gasteiger partial charge < -0.3 is 10.4 Å². The third-order valence-corrected chi connectivity index (χ3v) is 4.30. The van der Waals surface area contributed by atoms with Crippen molar-refractivity contribution in [2.75, 3.05) is 11.9 Å². The first-order valence-electron chi connectivity index (χ1n) is 7.34. The van der Waals surface area contributed by atoms with Crippen LogP contribution in [-0.2, 0) is 6.42 Å². The Hall–Kier alpha value is -2.38. The molecule has 1 unspecified atom stereocenters. The quantitative estimate of drug-likeness (QED) is 0.716. The molecule has 2 N–H and O–H groups in total. The van der Waals surface area contributed by atoms with E-state index in [1.807, 2.05) is 0 Å². The lowest BCUT2D eigenvalue weighted by Crippen LogP contribution is -2.12. The molecule has 0 fully saturated rings. The molecule has 0 amide bonds. The number of anilines is 1. The van der Waals surface area contributed by atoms with E-state index in [-0.39, 0.29) is 18.2 Å². The zero-order valence-corrected chi connectivity index (χ0v) is 13.4. The molecule has 1 aromatic heterocycles. The third-order valence-electron chi connectivity index (χ3n) is 3.42. The number of halogens is 2. The number of nitrogens with zero attached hydrogens (tertiary/aromatic N) is 2. The summed E-state index contributed by atoms with van der Waals surface area (Å²) in [6.45, 7) is 0.203. The van der Waals surface area contributed by atoms with Crippen LogP contribution in [0.25, 0.3) is 0 Å². The largest absolute Gasteiger partial charge is 0.387 e. The van der Waals surface area contributed by atoms with E-state index in [0.29, 0.717) is 17.1 Å². The molecule has 3 aromatic rings. The van der Waals surface area contributed by atoms with E-state index in [2.05, 4.69) is 15.5 Å². The van der Waals surface area contributed by atoms with Crippen molar-refractivity contribution in [2.24, 2.45) is 0 Å². The predicted octanol–water partition coefficient (Wildman–Crippen LogP) is 3.55. The molecular weight excluding hydrogens is 332 g/mol. The second-order valence-electron chi connectivity index (χ2n) is 5.26. The Morgan fingerprint density at radius 3 is 2.58 bits per heavy atom. The van der Waals surface area contributed by atoms with Crippen LogP contribution >= 0.6 is 11.3 Å². The molecule has 4 nitrogen and oxygen atoms in total. The van der Waals surface area contributed by atoms with Crippen LogP contribution < -0.4 is 5.32 Å². The monoisotopic (exact) mass is 347 g/mol. The maximum absolute atomic E-state index is 13.2. The smallest absolute Gasteiger partial charge is 0.205 e. The zero-order chi connectivity index (χ0) is 16.9. The van der Waals surface area contributed by atoms with Gasteiger partial charge in [-0.05, 0) is 35.4 Å². The van der Waals surface area contributed by atoms with Crippen LogP contribution in [0.15, 0.2) is 48.5 Å². The van der Waals surface area contributed by atoms with E-state index in [0.717, 1.165) is 10.6 Å². The van der Waals surface area contributed by atoms with Crippen LogP contribution in [0.1, 0.15) is 22.2 Å². The van der Waals surface area contributed by atoms with Gasteiger partial charge in [0.05, 0.1) is 6.10 Å². The fourth-order valence-corrected chi connectivity index (χ4v) is 2.97. The lowest BCUT2D eigenvalue weighted by Gasteiger charge is -2.11. The second kappa shape index (κ2) is 7.46. The lowest BCUT2D eigenvalue weighted by atomic mass is 10.1.